The molecule has 106 valence electrons. The van der Waals surface area contributed by atoms with Gasteiger partial charge in [-0.3, -0.25) is 0 Å². The third-order valence-corrected chi connectivity index (χ3v) is 5.39. The maximum atomic E-state index is 6.18. The first kappa shape index (κ1) is 14.3. The summed E-state index contributed by atoms with van der Waals surface area (Å²) < 4.78 is 6.18. The van der Waals surface area contributed by atoms with Crippen molar-refractivity contribution in [2.24, 2.45) is 17.1 Å². The molecule has 2 rings (SSSR count). The molecule has 0 aromatic rings. The predicted octanol–water partition coefficient (Wildman–Crippen LogP) is 3.88. The van der Waals surface area contributed by atoms with Crippen LogP contribution < -0.4 is 5.73 Å². The molecular weight excluding hydrogens is 222 g/mol. The largest absolute Gasteiger partial charge is 0.372 e. The number of rotatable bonds is 4. The molecule has 2 aliphatic rings. The SMILES string of the molecule is CCC1CCC(CN)(CC2CCC(C)(C)O2)CC1. The zero-order valence-electron chi connectivity index (χ0n) is 12.5. The van der Waals surface area contributed by atoms with Gasteiger partial charge in [0.25, 0.3) is 0 Å². The Balaban J connectivity index is 1.90. The Morgan fingerprint density at radius 2 is 1.78 bits per heavy atom. The van der Waals surface area contributed by atoms with Crippen LogP contribution in [0, 0.1) is 11.3 Å². The molecule has 0 bridgehead atoms. The van der Waals surface area contributed by atoms with Crippen LogP contribution in [0.5, 0.6) is 0 Å². The average molecular weight is 253 g/mol. The van der Waals surface area contributed by atoms with Crippen LogP contribution in [0.25, 0.3) is 0 Å². The van der Waals surface area contributed by atoms with Gasteiger partial charge in [0.2, 0.25) is 0 Å². The van der Waals surface area contributed by atoms with Gasteiger partial charge in [-0.15, -0.1) is 0 Å². The zero-order chi connectivity index (χ0) is 13.2. The summed E-state index contributed by atoms with van der Waals surface area (Å²) in [6.07, 6.45) is 10.8. The van der Waals surface area contributed by atoms with Gasteiger partial charge >= 0.3 is 0 Å². The lowest BCUT2D eigenvalue weighted by Gasteiger charge is -2.41. The van der Waals surface area contributed by atoms with E-state index in [1.165, 1.54) is 51.4 Å². The van der Waals surface area contributed by atoms with E-state index in [1.54, 1.807) is 0 Å². The molecule has 1 atom stereocenters. The summed E-state index contributed by atoms with van der Waals surface area (Å²) in [5.41, 5.74) is 6.60. The van der Waals surface area contributed by atoms with Crippen molar-refractivity contribution in [3.05, 3.63) is 0 Å². The molecule has 0 aromatic heterocycles. The highest BCUT2D eigenvalue weighted by Crippen LogP contribution is 2.45. The summed E-state index contributed by atoms with van der Waals surface area (Å²) in [5.74, 6) is 0.950. The van der Waals surface area contributed by atoms with E-state index in [4.69, 9.17) is 10.5 Å². The van der Waals surface area contributed by atoms with E-state index < -0.39 is 0 Å². The summed E-state index contributed by atoms with van der Waals surface area (Å²) in [6, 6.07) is 0. The monoisotopic (exact) mass is 253 g/mol. The highest BCUT2D eigenvalue weighted by atomic mass is 16.5. The maximum absolute atomic E-state index is 6.18. The van der Waals surface area contributed by atoms with E-state index in [9.17, 15) is 0 Å². The minimum Gasteiger partial charge on any atom is -0.372 e. The van der Waals surface area contributed by atoms with E-state index in [2.05, 4.69) is 20.8 Å². The van der Waals surface area contributed by atoms with Gasteiger partial charge in [0.1, 0.15) is 0 Å². The molecule has 0 spiro atoms. The molecular formula is C16H31NO. The topological polar surface area (TPSA) is 35.2 Å². The molecule has 2 fully saturated rings. The minimum atomic E-state index is 0.0983. The van der Waals surface area contributed by atoms with Crippen LogP contribution in [0.2, 0.25) is 0 Å². The first-order valence-corrected chi connectivity index (χ1v) is 7.86. The number of ether oxygens (including phenoxy) is 1. The van der Waals surface area contributed by atoms with Crippen LogP contribution in [0.15, 0.2) is 0 Å². The quantitative estimate of drug-likeness (QED) is 0.825. The Morgan fingerprint density at radius 3 is 2.22 bits per heavy atom. The van der Waals surface area contributed by atoms with Gasteiger partial charge in [-0.1, -0.05) is 13.3 Å². The Morgan fingerprint density at radius 1 is 1.11 bits per heavy atom. The molecule has 1 aliphatic heterocycles. The van der Waals surface area contributed by atoms with Crippen molar-refractivity contribution in [3.8, 4) is 0 Å². The van der Waals surface area contributed by atoms with Crippen LogP contribution in [0.1, 0.15) is 72.1 Å². The molecule has 1 aliphatic carbocycles. The van der Waals surface area contributed by atoms with Gasteiger partial charge < -0.3 is 10.5 Å². The van der Waals surface area contributed by atoms with Gasteiger partial charge in [0, 0.05) is 0 Å². The second-order valence-electron chi connectivity index (χ2n) is 7.30. The van der Waals surface area contributed by atoms with Crippen molar-refractivity contribution in [2.75, 3.05) is 6.54 Å². The lowest BCUT2D eigenvalue weighted by Crippen LogP contribution is -2.38. The van der Waals surface area contributed by atoms with Gasteiger partial charge in [-0.2, -0.15) is 0 Å². The van der Waals surface area contributed by atoms with Crippen LogP contribution in [-0.2, 0) is 4.74 Å². The summed E-state index contributed by atoms with van der Waals surface area (Å²) in [6.45, 7) is 7.61. The fraction of sp³-hybridized carbons (Fsp3) is 1.00. The Labute approximate surface area is 113 Å². The second-order valence-corrected chi connectivity index (χ2v) is 7.30. The summed E-state index contributed by atoms with van der Waals surface area (Å²) in [4.78, 5) is 0. The fourth-order valence-corrected chi connectivity index (χ4v) is 3.89. The first-order chi connectivity index (χ1) is 8.49. The maximum Gasteiger partial charge on any atom is 0.0631 e. The summed E-state index contributed by atoms with van der Waals surface area (Å²) >= 11 is 0. The van der Waals surface area contributed by atoms with E-state index in [0.717, 1.165) is 12.5 Å². The van der Waals surface area contributed by atoms with E-state index in [1.807, 2.05) is 0 Å². The fourth-order valence-electron chi connectivity index (χ4n) is 3.89. The Kier molecular flexibility index (Phi) is 4.38. The summed E-state index contributed by atoms with van der Waals surface area (Å²) in [5, 5.41) is 0. The van der Waals surface area contributed by atoms with E-state index in [-0.39, 0.29) is 5.60 Å². The van der Waals surface area contributed by atoms with Gasteiger partial charge in [0.05, 0.1) is 11.7 Å². The highest BCUT2D eigenvalue weighted by molar-refractivity contribution is 4.91. The van der Waals surface area contributed by atoms with Crippen LogP contribution in [0.4, 0.5) is 0 Å². The Bertz CT molecular complexity index is 266. The molecule has 1 saturated heterocycles. The van der Waals surface area contributed by atoms with Gasteiger partial charge in [-0.05, 0) is 76.7 Å². The number of nitrogens with two attached hydrogens (primary N) is 1. The molecule has 0 radical (unpaired) electrons. The lowest BCUT2D eigenvalue weighted by atomic mass is 9.67. The molecule has 0 amide bonds. The number of hydrogen-bond acceptors (Lipinski definition) is 2. The molecule has 1 heterocycles. The molecule has 18 heavy (non-hydrogen) atoms. The van der Waals surface area contributed by atoms with Crippen LogP contribution >= 0.6 is 0 Å². The van der Waals surface area contributed by atoms with Crippen molar-refractivity contribution in [1.29, 1.82) is 0 Å². The minimum absolute atomic E-state index is 0.0983. The average Bonchev–Trinajstić information content (AvgIpc) is 2.69. The molecule has 1 saturated carbocycles. The zero-order valence-corrected chi connectivity index (χ0v) is 12.5. The van der Waals surface area contributed by atoms with Crippen LogP contribution in [0.3, 0.4) is 0 Å². The van der Waals surface area contributed by atoms with Crippen molar-refractivity contribution in [1.82, 2.24) is 0 Å². The first-order valence-electron chi connectivity index (χ1n) is 7.86. The van der Waals surface area contributed by atoms with E-state index >= 15 is 0 Å². The third kappa shape index (κ3) is 3.27. The van der Waals surface area contributed by atoms with Crippen molar-refractivity contribution in [3.63, 3.8) is 0 Å². The summed E-state index contributed by atoms with van der Waals surface area (Å²) in [7, 11) is 0. The van der Waals surface area contributed by atoms with Crippen molar-refractivity contribution < 1.29 is 4.74 Å². The van der Waals surface area contributed by atoms with Crippen molar-refractivity contribution >= 4 is 0 Å². The Hall–Kier alpha value is -0.0800. The van der Waals surface area contributed by atoms with E-state index in [0.29, 0.717) is 11.5 Å². The molecule has 2 heteroatoms. The second kappa shape index (κ2) is 5.50. The lowest BCUT2D eigenvalue weighted by molar-refractivity contribution is -0.0418. The molecule has 2 N–H and O–H groups in total. The highest BCUT2D eigenvalue weighted by Gasteiger charge is 2.40. The predicted molar refractivity (Wildman–Crippen MR) is 76.5 cm³/mol. The standard InChI is InChI=1S/C16H31NO/c1-4-13-5-9-16(12-17,10-6-13)11-14-7-8-15(2,3)18-14/h13-14H,4-12,17H2,1-3H3. The van der Waals surface area contributed by atoms with Crippen LogP contribution in [-0.4, -0.2) is 18.2 Å². The van der Waals surface area contributed by atoms with Crippen molar-refractivity contribution in [2.45, 2.75) is 83.8 Å². The normalized spacial score (nSPS) is 40.0. The smallest absolute Gasteiger partial charge is 0.0631 e. The van der Waals surface area contributed by atoms with Gasteiger partial charge in [0.15, 0.2) is 0 Å². The molecule has 1 unspecified atom stereocenters. The molecule has 0 aromatic carbocycles. The third-order valence-electron chi connectivity index (χ3n) is 5.39. The molecule has 2 nitrogen and oxygen atoms in total. The van der Waals surface area contributed by atoms with Gasteiger partial charge in [-0.25, -0.2) is 0 Å². The number of hydrogen-bond donors (Lipinski definition) is 1.